The number of hydrogen-bond acceptors (Lipinski definition) is 2. The minimum atomic E-state index is -0.0388. The average molecular weight is 361 g/mol. The van der Waals surface area contributed by atoms with Crippen LogP contribution in [-0.4, -0.2) is 0 Å². The molecule has 2 N–H and O–H groups in total. The van der Waals surface area contributed by atoms with Gasteiger partial charge in [-0.1, -0.05) is 28.1 Å². The van der Waals surface area contributed by atoms with E-state index in [9.17, 15) is 0 Å². The van der Waals surface area contributed by atoms with Crippen molar-refractivity contribution in [2.75, 3.05) is 0 Å². The number of benzene rings is 1. The Morgan fingerprint density at radius 3 is 2.31 bits per heavy atom. The SMILES string of the molecule is Cc1cc(C(N)c2ccc(Br)cc2)sc1Br. The molecular formula is C12H11Br2NS. The maximum Gasteiger partial charge on any atom is 0.0731 e. The molecule has 0 aliphatic rings. The van der Waals surface area contributed by atoms with Crippen LogP contribution in [0, 0.1) is 6.92 Å². The van der Waals surface area contributed by atoms with Crippen LogP contribution in [0.2, 0.25) is 0 Å². The fourth-order valence-electron chi connectivity index (χ4n) is 1.47. The lowest BCUT2D eigenvalue weighted by Gasteiger charge is -2.09. The van der Waals surface area contributed by atoms with Gasteiger partial charge in [-0.05, 0) is 52.2 Å². The Bertz CT molecular complexity index is 471. The van der Waals surface area contributed by atoms with E-state index in [0.717, 1.165) is 13.8 Å². The van der Waals surface area contributed by atoms with E-state index in [4.69, 9.17) is 5.73 Å². The van der Waals surface area contributed by atoms with Gasteiger partial charge in [-0.3, -0.25) is 0 Å². The molecule has 1 nitrogen and oxygen atoms in total. The van der Waals surface area contributed by atoms with Crippen molar-refractivity contribution in [3.05, 3.63) is 54.6 Å². The molecule has 1 unspecified atom stereocenters. The Labute approximate surface area is 116 Å². The first-order valence-electron chi connectivity index (χ1n) is 4.85. The van der Waals surface area contributed by atoms with E-state index < -0.39 is 0 Å². The van der Waals surface area contributed by atoms with Crippen LogP contribution in [0.15, 0.2) is 38.6 Å². The van der Waals surface area contributed by atoms with Crippen molar-refractivity contribution in [3.8, 4) is 0 Å². The second-order valence-electron chi connectivity index (χ2n) is 3.63. The highest BCUT2D eigenvalue weighted by molar-refractivity contribution is 9.11. The molecule has 0 spiro atoms. The summed E-state index contributed by atoms with van der Waals surface area (Å²) in [6.45, 7) is 2.08. The van der Waals surface area contributed by atoms with Crippen molar-refractivity contribution < 1.29 is 0 Å². The lowest BCUT2D eigenvalue weighted by atomic mass is 10.1. The zero-order valence-corrected chi connectivity index (χ0v) is 12.7. The first kappa shape index (κ1) is 12.3. The van der Waals surface area contributed by atoms with Gasteiger partial charge in [0.1, 0.15) is 0 Å². The van der Waals surface area contributed by atoms with Gasteiger partial charge in [0.2, 0.25) is 0 Å². The van der Waals surface area contributed by atoms with Gasteiger partial charge in [0.25, 0.3) is 0 Å². The summed E-state index contributed by atoms with van der Waals surface area (Å²) in [5.41, 5.74) is 8.60. The van der Waals surface area contributed by atoms with Crippen LogP contribution in [0.25, 0.3) is 0 Å². The Morgan fingerprint density at radius 1 is 1.19 bits per heavy atom. The Hall–Kier alpha value is -0.160. The van der Waals surface area contributed by atoms with Crippen LogP contribution in [0.1, 0.15) is 22.0 Å². The van der Waals surface area contributed by atoms with Crippen molar-refractivity contribution in [3.63, 3.8) is 0 Å². The molecule has 0 amide bonds. The molecule has 1 heterocycles. The molecule has 2 rings (SSSR count). The van der Waals surface area contributed by atoms with Gasteiger partial charge in [-0.2, -0.15) is 0 Å². The van der Waals surface area contributed by atoms with E-state index in [1.807, 2.05) is 12.1 Å². The highest BCUT2D eigenvalue weighted by Crippen LogP contribution is 2.33. The van der Waals surface area contributed by atoms with Crippen molar-refractivity contribution in [1.82, 2.24) is 0 Å². The van der Waals surface area contributed by atoms with E-state index in [1.165, 1.54) is 10.4 Å². The summed E-state index contributed by atoms with van der Waals surface area (Å²) in [6.07, 6.45) is 0. The van der Waals surface area contributed by atoms with Gasteiger partial charge in [-0.25, -0.2) is 0 Å². The third-order valence-corrected chi connectivity index (χ3v) is 5.16. The smallest absolute Gasteiger partial charge is 0.0731 e. The summed E-state index contributed by atoms with van der Waals surface area (Å²) in [6, 6.07) is 10.2. The predicted octanol–water partition coefficient (Wildman–Crippen LogP) is 4.63. The standard InChI is InChI=1S/C12H11Br2NS/c1-7-6-10(16-12(7)14)11(15)8-2-4-9(13)5-3-8/h2-6,11H,15H2,1H3. The summed E-state index contributed by atoms with van der Waals surface area (Å²) in [5.74, 6) is 0. The molecule has 84 valence electrons. The number of nitrogens with two attached hydrogens (primary N) is 1. The van der Waals surface area contributed by atoms with Gasteiger partial charge < -0.3 is 5.73 Å². The summed E-state index contributed by atoms with van der Waals surface area (Å²) in [4.78, 5) is 1.19. The van der Waals surface area contributed by atoms with Crippen molar-refractivity contribution in [2.24, 2.45) is 5.73 Å². The quantitative estimate of drug-likeness (QED) is 0.830. The number of hydrogen-bond donors (Lipinski definition) is 1. The average Bonchev–Trinajstić information content (AvgIpc) is 2.59. The van der Waals surface area contributed by atoms with Crippen LogP contribution in [0.3, 0.4) is 0 Å². The Kier molecular flexibility index (Phi) is 3.85. The molecule has 0 bridgehead atoms. The second-order valence-corrected chi connectivity index (χ2v) is 6.95. The van der Waals surface area contributed by atoms with E-state index in [-0.39, 0.29) is 6.04 Å². The molecule has 1 aromatic heterocycles. The summed E-state index contributed by atoms with van der Waals surface area (Å²) in [7, 11) is 0. The normalized spacial score (nSPS) is 12.8. The fourth-order valence-corrected chi connectivity index (χ4v) is 3.34. The third kappa shape index (κ3) is 2.56. The molecule has 4 heteroatoms. The molecule has 16 heavy (non-hydrogen) atoms. The van der Waals surface area contributed by atoms with Gasteiger partial charge in [0.15, 0.2) is 0 Å². The van der Waals surface area contributed by atoms with Gasteiger partial charge in [0.05, 0.1) is 9.83 Å². The van der Waals surface area contributed by atoms with Crippen LogP contribution in [0.5, 0.6) is 0 Å². The van der Waals surface area contributed by atoms with E-state index >= 15 is 0 Å². The maximum absolute atomic E-state index is 6.22. The number of thiophene rings is 1. The second kappa shape index (κ2) is 5.00. The van der Waals surface area contributed by atoms with Crippen LogP contribution in [-0.2, 0) is 0 Å². The molecule has 2 aromatic rings. The number of halogens is 2. The minimum absolute atomic E-state index is 0.0388. The molecule has 0 saturated heterocycles. The Balaban J connectivity index is 2.31. The number of rotatable bonds is 2. The minimum Gasteiger partial charge on any atom is -0.320 e. The van der Waals surface area contributed by atoms with Crippen LogP contribution >= 0.6 is 43.2 Å². The summed E-state index contributed by atoms with van der Waals surface area (Å²) < 4.78 is 2.24. The zero-order chi connectivity index (χ0) is 11.7. The monoisotopic (exact) mass is 359 g/mol. The topological polar surface area (TPSA) is 26.0 Å². The summed E-state index contributed by atoms with van der Waals surface area (Å²) in [5, 5.41) is 0. The van der Waals surface area contributed by atoms with Gasteiger partial charge in [-0.15, -0.1) is 11.3 Å². The fraction of sp³-hybridized carbons (Fsp3) is 0.167. The lowest BCUT2D eigenvalue weighted by Crippen LogP contribution is -2.09. The molecule has 1 atom stereocenters. The predicted molar refractivity (Wildman–Crippen MR) is 76.9 cm³/mol. The Morgan fingerprint density at radius 2 is 1.81 bits per heavy atom. The van der Waals surface area contributed by atoms with Crippen molar-refractivity contribution >= 4 is 43.2 Å². The van der Waals surface area contributed by atoms with E-state index in [1.54, 1.807) is 11.3 Å². The van der Waals surface area contributed by atoms with Crippen molar-refractivity contribution in [2.45, 2.75) is 13.0 Å². The van der Waals surface area contributed by atoms with E-state index in [0.29, 0.717) is 0 Å². The first-order chi connectivity index (χ1) is 7.58. The lowest BCUT2D eigenvalue weighted by molar-refractivity contribution is 0.892. The molecule has 1 aromatic carbocycles. The molecule has 0 saturated carbocycles. The molecule has 0 radical (unpaired) electrons. The van der Waals surface area contributed by atoms with E-state index in [2.05, 4.69) is 57.0 Å². The summed E-state index contributed by atoms with van der Waals surface area (Å²) >= 11 is 8.65. The largest absolute Gasteiger partial charge is 0.320 e. The zero-order valence-electron chi connectivity index (χ0n) is 8.71. The van der Waals surface area contributed by atoms with Gasteiger partial charge in [0, 0.05) is 9.35 Å². The molecule has 0 fully saturated rings. The highest BCUT2D eigenvalue weighted by Gasteiger charge is 2.12. The first-order valence-corrected chi connectivity index (χ1v) is 7.25. The van der Waals surface area contributed by atoms with Gasteiger partial charge >= 0.3 is 0 Å². The van der Waals surface area contributed by atoms with Crippen LogP contribution < -0.4 is 5.73 Å². The maximum atomic E-state index is 6.22. The molecule has 0 aliphatic heterocycles. The number of aryl methyl sites for hydroxylation is 1. The molecule has 0 aliphatic carbocycles. The van der Waals surface area contributed by atoms with Crippen molar-refractivity contribution in [1.29, 1.82) is 0 Å². The van der Waals surface area contributed by atoms with Crippen LogP contribution in [0.4, 0.5) is 0 Å². The third-order valence-electron chi connectivity index (χ3n) is 2.41. The highest BCUT2D eigenvalue weighted by atomic mass is 79.9. The molecular weight excluding hydrogens is 350 g/mol.